The van der Waals surface area contributed by atoms with Gasteiger partial charge in [0.15, 0.2) is 5.17 Å². The van der Waals surface area contributed by atoms with Crippen LogP contribution < -0.4 is 10.1 Å². The second-order valence-corrected chi connectivity index (χ2v) is 7.56. The average Bonchev–Trinajstić information content (AvgIpc) is 2.93. The van der Waals surface area contributed by atoms with Gasteiger partial charge in [0.1, 0.15) is 11.5 Å². The van der Waals surface area contributed by atoms with Gasteiger partial charge in [-0.25, -0.2) is 4.99 Å². The lowest BCUT2D eigenvalue weighted by Gasteiger charge is -2.03. The molecule has 3 rings (SSSR count). The summed E-state index contributed by atoms with van der Waals surface area (Å²) in [7, 11) is 0. The van der Waals surface area contributed by atoms with E-state index in [0.29, 0.717) is 37.4 Å². The van der Waals surface area contributed by atoms with Crippen LogP contribution in [0.5, 0.6) is 11.5 Å². The van der Waals surface area contributed by atoms with Crippen molar-refractivity contribution in [3.05, 3.63) is 56.4 Å². The number of rotatable bonds is 4. The average molecular weight is 454 g/mol. The largest absolute Gasteiger partial charge is 0.506 e. The topological polar surface area (TPSA) is 70.9 Å². The maximum Gasteiger partial charge on any atom is 0.264 e. The zero-order chi connectivity index (χ0) is 18.7. The zero-order valence-corrected chi connectivity index (χ0v) is 16.8. The molecule has 2 aromatic carbocycles. The minimum absolute atomic E-state index is 0.0206. The van der Waals surface area contributed by atoms with Crippen molar-refractivity contribution in [2.75, 3.05) is 6.61 Å². The van der Waals surface area contributed by atoms with Gasteiger partial charge in [0.25, 0.3) is 5.91 Å². The molecule has 1 amide bonds. The van der Waals surface area contributed by atoms with Crippen molar-refractivity contribution in [3.63, 3.8) is 0 Å². The van der Waals surface area contributed by atoms with Gasteiger partial charge in [-0.1, -0.05) is 11.6 Å². The highest BCUT2D eigenvalue weighted by Gasteiger charge is 2.24. The van der Waals surface area contributed by atoms with E-state index in [-0.39, 0.29) is 11.7 Å². The molecule has 2 aromatic rings. The van der Waals surface area contributed by atoms with Crippen LogP contribution in [0.1, 0.15) is 12.5 Å². The molecule has 0 aliphatic carbocycles. The highest BCUT2D eigenvalue weighted by molar-refractivity contribution is 9.10. The monoisotopic (exact) mass is 452 g/mol. The summed E-state index contributed by atoms with van der Waals surface area (Å²) >= 11 is 10.4. The van der Waals surface area contributed by atoms with Crippen molar-refractivity contribution in [2.24, 2.45) is 4.99 Å². The minimum atomic E-state index is -0.282. The van der Waals surface area contributed by atoms with Crippen molar-refractivity contribution in [2.45, 2.75) is 6.92 Å². The third-order valence-electron chi connectivity index (χ3n) is 3.37. The number of halogens is 2. The lowest BCUT2D eigenvalue weighted by molar-refractivity contribution is -0.115. The molecule has 134 valence electrons. The van der Waals surface area contributed by atoms with Gasteiger partial charge in [0, 0.05) is 10.6 Å². The summed E-state index contributed by atoms with van der Waals surface area (Å²) in [6.07, 6.45) is 1.58. The molecule has 0 spiro atoms. The van der Waals surface area contributed by atoms with E-state index in [1.54, 1.807) is 18.2 Å². The Morgan fingerprint density at radius 3 is 2.77 bits per heavy atom. The number of hydrogen-bond acceptors (Lipinski definition) is 5. The number of carbonyl (C=O) groups is 1. The predicted octanol–water partition coefficient (Wildman–Crippen LogP) is 5.10. The van der Waals surface area contributed by atoms with Gasteiger partial charge < -0.3 is 15.2 Å². The molecule has 5 nitrogen and oxygen atoms in total. The van der Waals surface area contributed by atoms with E-state index in [4.69, 9.17) is 16.3 Å². The fourth-order valence-electron chi connectivity index (χ4n) is 2.22. The number of phenolic OH excluding ortho intramolecular Hbond substituents is 1. The van der Waals surface area contributed by atoms with Crippen LogP contribution in [0.25, 0.3) is 6.08 Å². The number of thioether (sulfide) groups is 1. The van der Waals surface area contributed by atoms with E-state index in [0.717, 1.165) is 5.75 Å². The molecule has 0 radical (unpaired) electrons. The second-order valence-electron chi connectivity index (χ2n) is 5.23. The van der Waals surface area contributed by atoms with Crippen LogP contribution in [0, 0.1) is 0 Å². The Morgan fingerprint density at radius 2 is 2.08 bits per heavy atom. The molecule has 2 N–H and O–H groups in total. The van der Waals surface area contributed by atoms with Crippen LogP contribution in [0.4, 0.5) is 5.69 Å². The summed E-state index contributed by atoms with van der Waals surface area (Å²) in [5.74, 6) is 0.504. The summed E-state index contributed by atoms with van der Waals surface area (Å²) in [6, 6.07) is 10.4. The van der Waals surface area contributed by atoms with E-state index >= 15 is 0 Å². The normalized spacial score (nSPS) is 17.0. The highest BCUT2D eigenvalue weighted by atomic mass is 79.9. The zero-order valence-electron chi connectivity index (χ0n) is 13.6. The molecule has 1 aliphatic rings. The maximum atomic E-state index is 12.2. The Labute approximate surface area is 168 Å². The van der Waals surface area contributed by atoms with Crippen LogP contribution in [-0.4, -0.2) is 22.8 Å². The first-order valence-corrected chi connectivity index (χ1v) is 9.65. The molecule has 1 aliphatic heterocycles. The summed E-state index contributed by atoms with van der Waals surface area (Å²) < 4.78 is 5.85. The number of nitrogens with zero attached hydrogens (tertiary/aromatic N) is 1. The molecule has 0 aromatic heterocycles. The van der Waals surface area contributed by atoms with Crippen LogP contribution in [-0.2, 0) is 4.79 Å². The molecular weight excluding hydrogens is 440 g/mol. The first-order valence-electron chi connectivity index (χ1n) is 7.66. The number of benzene rings is 2. The van der Waals surface area contributed by atoms with E-state index < -0.39 is 0 Å². The molecule has 1 heterocycles. The smallest absolute Gasteiger partial charge is 0.264 e. The Kier molecular flexibility index (Phi) is 5.90. The summed E-state index contributed by atoms with van der Waals surface area (Å²) in [5.41, 5.74) is 1.15. The van der Waals surface area contributed by atoms with Crippen molar-refractivity contribution in [3.8, 4) is 11.5 Å². The number of ether oxygens (including phenoxy) is 1. The molecule has 0 saturated carbocycles. The van der Waals surface area contributed by atoms with Crippen molar-refractivity contribution < 1.29 is 14.6 Å². The van der Waals surface area contributed by atoms with E-state index in [9.17, 15) is 9.90 Å². The third-order valence-corrected chi connectivity index (χ3v) is 5.11. The van der Waals surface area contributed by atoms with E-state index in [1.165, 1.54) is 11.8 Å². The quantitative estimate of drug-likeness (QED) is 0.632. The number of amides is 1. The Bertz CT molecular complexity index is 913. The molecule has 1 fully saturated rings. The number of phenols is 1. The lowest BCUT2D eigenvalue weighted by atomic mass is 10.2. The van der Waals surface area contributed by atoms with Crippen molar-refractivity contribution in [1.82, 2.24) is 5.32 Å². The minimum Gasteiger partial charge on any atom is -0.506 e. The van der Waals surface area contributed by atoms with Gasteiger partial charge >= 0.3 is 0 Å². The summed E-state index contributed by atoms with van der Waals surface area (Å²) in [4.78, 5) is 17.0. The summed E-state index contributed by atoms with van der Waals surface area (Å²) in [5, 5.41) is 13.7. The fraction of sp³-hybridized carbons (Fsp3) is 0.111. The van der Waals surface area contributed by atoms with Gasteiger partial charge in [-0.05, 0) is 77.1 Å². The molecule has 8 heteroatoms. The lowest BCUT2D eigenvalue weighted by Crippen LogP contribution is -2.19. The Balaban J connectivity index is 1.82. The summed E-state index contributed by atoms with van der Waals surface area (Å²) in [6.45, 7) is 2.52. The first-order chi connectivity index (χ1) is 12.5. The highest BCUT2D eigenvalue weighted by Crippen LogP contribution is 2.35. The maximum absolute atomic E-state index is 12.2. The molecule has 26 heavy (non-hydrogen) atoms. The van der Waals surface area contributed by atoms with Gasteiger partial charge in [0.2, 0.25) is 0 Å². The van der Waals surface area contributed by atoms with Crippen molar-refractivity contribution in [1.29, 1.82) is 0 Å². The Hall–Kier alpha value is -1.96. The number of aromatic hydroxyl groups is 1. The number of nitrogens with one attached hydrogen (secondary N) is 1. The number of amidine groups is 1. The molecule has 0 bridgehead atoms. The van der Waals surface area contributed by atoms with E-state index in [2.05, 4.69) is 26.2 Å². The molecule has 0 atom stereocenters. The number of carbonyl (C=O) groups excluding carboxylic acids is 1. The fourth-order valence-corrected chi connectivity index (χ4v) is 3.89. The molecule has 1 saturated heterocycles. The van der Waals surface area contributed by atoms with Gasteiger partial charge in [0.05, 0.1) is 21.7 Å². The number of hydrogen-bond donors (Lipinski definition) is 2. The SMILES string of the molecule is CCOc1ccc(N=C2NC(=O)/C(=C/c3cc(Cl)cc(Br)c3O)S2)cc1. The Morgan fingerprint density at radius 1 is 1.35 bits per heavy atom. The van der Waals surface area contributed by atoms with Crippen molar-refractivity contribution >= 4 is 62.1 Å². The predicted molar refractivity (Wildman–Crippen MR) is 109 cm³/mol. The number of aliphatic imine (C=N–C) groups is 1. The second kappa shape index (κ2) is 8.16. The van der Waals surface area contributed by atoms with Gasteiger partial charge in [-0.15, -0.1) is 0 Å². The standard InChI is InChI=1S/C18H14BrClN2O3S/c1-2-25-13-5-3-12(4-6-13)21-18-22-17(24)15(26-18)8-10-7-11(20)9-14(19)16(10)23/h3-9,23H,2H2,1H3,(H,21,22,24)/b15-8-. The first kappa shape index (κ1) is 18.8. The third kappa shape index (κ3) is 4.41. The molecular formula is C18H14BrClN2O3S. The van der Waals surface area contributed by atoms with E-state index in [1.807, 2.05) is 31.2 Å². The van der Waals surface area contributed by atoms with Crippen LogP contribution in [0.2, 0.25) is 5.02 Å². The van der Waals surface area contributed by atoms with Gasteiger partial charge in [-0.3, -0.25) is 4.79 Å². The van der Waals surface area contributed by atoms with Gasteiger partial charge in [-0.2, -0.15) is 0 Å². The van der Waals surface area contributed by atoms with Crippen LogP contribution in [0.15, 0.2) is 50.8 Å². The van der Waals surface area contributed by atoms with Crippen LogP contribution >= 0.6 is 39.3 Å². The van der Waals surface area contributed by atoms with Crippen LogP contribution in [0.3, 0.4) is 0 Å². The molecule has 0 unspecified atom stereocenters.